The van der Waals surface area contributed by atoms with Crippen LogP contribution >= 0.6 is 0 Å². The molecule has 1 saturated carbocycles. The molecule has 86 valence electrons. The zero-order valence-electron chi connectivity index (χ0n) is 9.14. The summed E-state index contributed by atoms with van der Waals surface area (Å²) in [5.74, 6) is 0.713. The van der Waals surface area contributed by atoms with Gasteiger partial charge in [0, 0.05) is 6.42 Å². The molecule has 2 atom stereocenters. The van der Waals surface area contributed by atoms with E-state index >= 15 is 0 Å². The van der Waals surface area contributed by atoms with Crippen molar-refractivity contribution in [1.29, 1.82) is 0 Å². The number of rotatable bonds is 3. The van der Waals surface area contributed by atoms with Crippen LogP contribution in [0, 0.1) is 0 Å². The zero-order chi connectivity index (χ0) is 11.5. The van der Waals surface area contributed by atoms with Crippen molar-refractivity contribution in [3.05, 3.63) is 24.3 Å². The number of methoxy groups -OCH3 is 1. The van der Waals surface area contributed by atoms with Gasteiger partial charge in [-0.05, 0) is 25.0 Å². The van der Waals surface area contributed by atoms with Crippen molar-refractivity contribution in [2.75, 3.05) is 7.11 Å². The van der Waals surface area contributed by atoms with E-state index in [-0.39, 0.29) is 11.0 Å². The molecule has 0 spiro atoms. The van der Waals surface area contributed by atoms with Crippen molar-refractivity contribution in [3.8, 4) is 5.75 Å². The van der Waals surface area contributed by atoms with Gasteiger partial charge >= 0.3 is 0 Å². The minimum atomic E-state index is -1.27. The predicted molar refractivity (Wildman–Crippen MR) is 62.0 cm³/mol. The van der Waals surface area contributed by atoms with Crippen LogP contribution in [0.1, 0.15) is 19.3 Å². The second-order valence-corrected chi connectivity index (χ2v) is 5.40. The smallest absolute Gasteiger partial charge is 0.148 e. The maximum atomic E-state index is 12.2. The molecule has 0 radical (unpaired) electrons. The largest absolute Gasteiger partial charge is 0.495 e. The lowest BCUT2D eigenvalue weighted by atomic mass is 10.3. The molecule has 4 heteroatoms. The average Bonchev–Trinajstić information content (AvgIpc) is 2.74. The van der Waals surface area contributed by atoms with E-state index in [2.05, 4.69) is 0 Å². The van der Waals surface area contributed by atoms with Gasteiger partial charge in [0.2, 0.25) is 0 Å². The topological polar surface area (TPSA) is 43.4 Å². The highest BCUT2D eigenvalue weighted by Gasteiger charge is 2.31. The van der Waals surface area contributed by atoms with Crippen molar-refractivity contribution in [2.24, 2.45) is 0 Å². The fourth-order valence-corrected chi connectivity index (χ4v) is 3.55. The molecule has 2 rings (SSSR count). The third kappa shape index (κ3) is 2.02. The van der Waals surface area contributed by atoms with E-state index in [1.165, 1.54) is 0 Å². The molecule has 1 aliphatic rings. The average molecular weight is 238 g/mol. The number of carbonyl (C=O) groups is 1. The van der Waals surface area contributed by atoms with E-state index in [0.29, 0.717) is 17.1 Å². The van der Waals surface area contributed by atoms with E-state index in [1.54, 1.807) is 19.2 Å². The minimum Gasteiger partial charge on any atom is -0.495 e. The Morgan fingerprint density at radius 2 is 2.12 bits per heavy atom. The molecule has 1 fully saturated rings. The first-order valence-electron chi connectivity index (χ1n) is 5.30. The van der Waals surface area contributed by atoms with Crippen molar-refractivity contribution in [3.63, 3.8) is 0 Å². The Hall–Kier alpha value is -1.16. The summed E-state index contributed by atoms with van der Waals surface area (Å²) in [4.78, 5) is 12.2. The molecule has 0 heterocycles. The molecule has 0 aliphatic heterocycles. The monoisotopic (exact) mass is 238 g/mol. The van der Waals surface area contributed by atoms with Crippen molar-refractivity contribution >= 4 is 16.6 Å². The summed E-state index contributed by atoms with van der Waals surface area (Å²) in [5.41, 5.74) is 0. The Kier molecular flexibility index (Phi) is 3.39. The summed E-state index contributed by atoms with van der Waals surface area (Å²) in [6.45, 7) is 0. The van der Waals surface area contributed by atoms with Gasteiger partial charge < -0.3 is 4.74 Å². The number of hydrogen-bond acceptors (Lipinski definition) is 3. The fraction of sp³-hybridized carbons (Fsp3) is 0.417. The number of ketones is 1. The fourth-order valence-electron chi connectivity index (χ4n) is 1.95. The number of carbonyl (C=O) groups excluding carboxylic acids is 1. The first-order valence-corrected chi connectivity index (χ1v) is 6.51. The standard InChI is InChI=1S/C12H14O3S/c1-15-10-6-2-3-7-12(10)16(14)11-8-4-5-9(11)13/h2-3,6-7,11H,4-5,8H2,1H3. The first-order chi connectivity index (χ1) is 7.74. The molecular weight excluding hydrogens is 224 g/mol. The molecule has 0 aromatic heterocycles. The van der Waals surface area contributed by atoms with Gasteiger partial charge in [-0.1, -0.05) is 12.1 Å². The molecule has 0 bridgehead atoms. The lowest BCUT2D eigenvalue weighted by molar-refractivity contribution is -0.117. The van der Waals surface area contributed by atoms with Crippen LogP contribution in [-0.4, -0.2) is 22.4 Å². The van der Waals surface area contributed by atoms with E-state index in [1.807, 2.05) is 12.1 Å². The number of hydrogen-bond donors (Lipinski definition) is 0. The molecule has 16 heavy (non-hydrogen) atoms. The predicted octanol–water partition coefficient (Wildman–Crippen LogP) is 1.92. The second kappa shape index (κ2) is 4.78. The van der Waals surface area contributed by atoms with Crippen LogP contribution in [0.3, 0.4) is 0 Å². The molecule has 0 N–H and O–H groups in total. The Bertz CT molecular complexity index is 428. The van der Waals surface area contributed by atoms with Gasteiger partial charge in [0.25, 0.3) is 0 Å². The van der Waals surface area contributed by atoms with Crippen LogP contribution in [0.4, 0.5) is 0 Å². The molecule has 0 amide bonds. The maximum Gasteiger partial charge on any atom is 0.148 e. The van der Waals surface area contributed by atoms with E-state index in [9.17, 15) is 9.00 Å². The van der Waals surface area contributed by atoms with Crippen LogP contribution in [0.5, 0.6) is 5.75 Å². The van der Waals surface area contributed by atoms with E-state index in [0.717, 1.165) is 12.8 Å². The number of ether oxygens (including phenoxy) is 1. The third-order valence-electron chi connectivity index (χ3n) is 2.79. The summed E-state index contributed by atoms with van der Waals surface area (Å²) in [5, 5.41) is -0.337. The van der Waals surface area contributed by atoms with Gasteiger partial charge in [-0.2, -0.15) is 0 Å². The highest BCUT2D eigenvalue weighted by molar-refractivity contribution is 7.86. The Morgan fingerprint density at radius 1 is 1.38 bits per heavy atom. The molecule has 1 aromatic rings. The van der Waals surface area contributed by atoms with Crippen LogP contribution in [-0.2, 0) is 15.6 Å². The third-order valence-corrected chi connectivity index (χ3v) is 4.58. The van der Waals surface area contributed by atoms with Gasteiger partial charge in [-0.25, -0.2) is 0 Å². The zero-order valence-corrected chi connectivity index (χ0v) is 9.96. The Balaban J connectivity index is 2.30. The van der Waals surface area contributed by atoms with Crippen LogP contribution < -0.4 is 4.74 Å². The van der Waals surface area contributed by atoms with Crippen LogP contribution in [0.2, 0.25) is 0 Å². The highest BCUT2D eigenvalue weighted by atomic mass is 32.2. The van der Waals surface area contributed by atoms with Gasteiger partial charge in [0.05, 0.1) is 28.1 Å². The molecule has 1 aromatic carbocycles. The molecule has 1 aliphatic carbocycles. The van der Waals surface area contributed by atoms with Crippen molar-refractivity contribution in [2.45, 2.75) is 29.4 Å². The van der Waals surface area contributed by atoms with E-state index in [4.69, 9.17) is 4.74 Å². The van der Waals surface area contributed by atoms with Crippen LogP contribution in [0.25, 0.3) is 0 Å². The Labute approximate surface area is 97.3 Å². The Morgan fingerprint density at radius 3 is 2.75 bits per heavy atom. The van der Waals surface area contributed by atoms with Crippen molar-refractivity contribution in [1.82, 2.24) is 0 Å². The van der Waals surface area contributed by atoms with E-state index < -0.39 is 10.8 Å². The van der Waals surface area contributed by atoms with Gasteiger partial charge in [0.1, 0.15) is 11.5 Å². The SMILES string of the molecule is COc1ccccc1S(=O)C1CCCC1=O. The normalized spacial score (nSPS) is 22.1. The van der Waals surface area contributed by atoms with Gasteiger partial charge in [0.15, 0.2) is 0 Å². The summed E-state index contributed by atoms with van der Waals surface area (Å²) in [6.07, 6.45) is 2.14. The maximum absolute atomic E-state index is 12.2. The molecular formula is C12H14O3S. The molecule has 0 saturated heterocycles. The molecule has 2 unspecified atom stereocenters. The number of Topliss-reactive ketones (excluding diaryl/α,β-unsaturated/α-hetero) is 1. The van der Waals surface area contributed by atoms with Gasteiger partial charge in [-0.3, -0.25) is 9.00 Å². The first kappa shape index (κ1) is 11.3. The lowest BCUT2D eigenvalue weighted by Gasteiger charge is -2.11. The van der Waals surface area contributed by atoms with Gasteiger partial charge in [-0.15, -0.1) is 0 Å². The highest BCUT2D eigenvalue weighted by Crippen LogP contribution is 2.29. The summed E-state index contributed by atoms with van der Waals surface area (Å²) in [7, 11) is 0.273. The quantitative estimate of drug-likeness (QED) is 0.808. The van der Waals surface area contributed by atoms with Crippen LogP contribution in [0.15, 0.2) is 29.2 Å². The summed E-state index contributed by atoms with van der Waals surface area (Å²) in [6, 6.07) is 7.18. The number of benzene rings is 1. The summed E-state index contributed by atoms with van der Waals surface area (Å²) >= 11 is 0. The lowest BCUT2D eigenvalue weighted by Crippen LogP contribution is -2.20. The molecule has 3 nitrogen and oxygen atoms in total. The minimum absolute atomic E-state index is 0.115. The second-order valence-electron chi connectivity index (χ2n) is 3.80. The van der Waals surface area contributed by atoms with Crippen molar-refractivity contribution < 1.29 is 13.7 Å². The number of para-hydroxylation sites is 1. The summed E-state index contributed by atoms with van der Waals surface area (Å²) < 4.78 is 17.4.